The van der Waals surface area contributed by atoms with Crippen LogP contribution in [0.5, 0.6) is 5.75 Å². The topological polar surface area (TPSA) is 116 Å². The van der Waals surface area contributed by atoms with Gasteiger partial charge < -0.3 is 14.7 Å². The van der Waals surface area contributed by atoms with Gasteiger partial charge in [-0.05, 0) is 35.4 Å². The molecule has 10 heteroatoms. The molecule has 1 aliphatic rings. The van der Waals surface area contributed by atoms with Crippen molar-refractivity contribution < 1.29 is 27.9 Å². The fraction of sp³-hybridized carbons (Fsp3) is 0.360. The summed E-state index contributed by atoms with van der Waals surface area (Å²) >= 11 is 0. The number of ether oxygens (including phenoxy) is 1. The first-order valence-electron chi connectivity index (χ1n) is 11.1. The molecule has 0 radical (unpaired) electrons. The summed E-state index contributed by atoms with van der Waals surface area (Å²) in [6.07, 6.45) is -0.161. The lowest BCUT2D eigenvalue weighted by Crippen LogP contribution is -2.48. The van der Waals surface area contributed by atoms with E-state index < -0.39 is 22.0 Å². The average molecular weight is 500 g/mol. The number of hydrogen-bond acceptors (Lipinski definition) is 6. The molecule has 2 N–H and O–H groups in total. The van der Waals surface area contributed by atoms with Crippen molar-refractivity contribution in [2.24, 2.45) is 0 Å². The molecule has 186 valence electrons. The van der Waals surface area contributed by atoms with Gasteiger partial charge in [0.25, 0.3) is 0 Å². The number of rotatable bonds is 8. The second-order valence-electron chi connectivity index (χ2n) is 8.10. The third kappa shape index (κ3) is 7.29. The van der Waals surface area contributed by atoms with E-state index in [0.29, 0.717) is 32.7 Å². The van der Waals surface area contributed by atoms with E-state index in [0.717, 1.165) is 16.9 Å². The number of nitrogens with zero attached hydrogens (tertiary/aromatic N) is 2. The first-order chi connectivity index (χ1) is 16.7. The van der Waals surface area contributed by atoms with Crippen molar-refractivity contribution in [3.05, 3.63) is 48.5 Å². The van der Waals surface area contributed by atoms with E-state index in [1.807, 2.05) is 24.3 Å². The fourth-order valence-electron chi connectivity index (χ4n) is 3.61. The van der Waals surface area contributed by atoms with Crippen LogP contribution in [0.2, 0.25) is 0 Å². The third-order valence-electron chi connectivity index (χ3n) is 5.73. The van der Waals surface area contributed by atoms with Crippen LogP contribution in [0.15, 0.2) is 53.4 Å². The Kier molecular flexibility index (Phi) is 8.87. The highest BCUT2D eigenvalue weighted by Crippen LogP contribution is 2.24. The van der Waals surface area contributed by atoms with Gasteiger partial charge in [0, 0.05) is 39.5 Å². The van der Waals surface area contributed by atoms with Gasteiger partial charge in [-0.3, -0.25) is 14.5 Å². The number of sulfonamides is 1. The molecule has 0 aliphatic carbocycles. The summed E-state index contributed by atoms with van der Waals surface area (Å²) in [7, 11) is -2.47. The number of aliphatic carboxylic acids is 1. The van der Waals surface area contributed by atoms with Crippen molar-refractivity contribution in [3.8, 4) is 28.7 Å². The number of amides is 1. The van der Waals surface area contributed by atoms with Crippen LogP contribution >= 0.6 is 0 Å². The predicted molar refractivity (Wildman–Crippen MR) is 131 cm³/mol. The van der Waals surface area contributed by atoms with Crippen LogP contribution in [0.1, 0.15) is 13.3 Å². The number of piperazine rings is 1. The van der Waals surface area contributed by atoms with Gasteiger partial charge in [-0.15, -0.1) is 0 Å². The van der Waals surface area contributed by atoms with Gasteiger partial charge in [0.1, 0.15) is 11.8 Å². The summed E-state index contributed by atoms with van der Waals surface area (Å²) < 4.78 is 32.9. The standard InChI is InChI=1S/C25H29N3O6S/c1-19(29)28-17-15-27(16-18-28)14-4-3-5-24(25(30)31)26-35(32,33)23-12-8-21(9-13-23)20-6-10-22(34-2)11-7-20/h6-13,24,26H,5,14-18H2,1-2H3,(H,30,31). The van der Waals surface area contributed by atoms with E-state index in [-0.39, 0.29) is 17.2 Å². The van der Waals surface area contributed by atoms with Gasteiger partial charge >= 0.3 is 5.97 Å². The summed E-state index contributed by atoms with van der Waals surface area (Å²) in [5.74, 6) is 5.14. The Morgan fingerprint density at radius 1 is 1.00 bits per heavy atom. The Morgan fingerprint density at radius 2 is 1.57 bits per heavy atom. The van der Waals surface area contributed by atoms with E-state index in [2.05, 4.69) is 21.5 Å². The molecule has 9 nitrogen and oxygen atoms in total. The van der Waals surface area contributed by atoms with Crippen LogP contribution in [0.3, 0.4) is 0 Å². The minimum atomic E-state index is -4.05. The molecule has 0 bridgehead atoms. The molecule has 1 unspecified atom stereocenters. The van der Waals surface area contributed by atoms with Crippen LogP contribution in [0, 0.1) is 11.8 Å². The van der Waals surface area contributed by atoms with Crippen LogP contribution in [0.25, 0.3) is 11.1 Å². The number of carbonyl (C=O) groups excluding carboxylic acids is 1. The highest BCUT2D eigenvalue weighted by molar-refractivity contribution is 7.89. The summed E-state index contributed by atoms with van der Waals surface area (Å²) in [6.45, 7) is 4.61. The van der Waals surface area contributed by atoms with Gasteiger partial charge in [0.05, 0.1) is 18.6 Å². The SMILES string of the molecule is COc1ccc(-c2ccc(S(=O)(=O)NC(CC#CCN3CCN(C(C)=O)CC3)C(=O)O)cc2)cc1. The van der Waals surface area contributed by atoms with Crippen LogP contribution < -0.4 is 9.46 Å². The van der Waals surface area contributed by atoms with Crippen molar-refractivity contribution in [2.45, 2.75) is 24.3 Å². The summed E-state index contributed by atoms with van der Waals surface area (Å²) in [6, 6.07) is 12.2. The van der Waals surface area contributed by atoms with Crippen molar-refractivity contribution in [1.29, 1.82) is 0 Å². The zero-order valence-corrected chi connectivity index (χ0v) is 20.5. The Hall–Kier alpha value is -3.39. The molecule has 0 aromatic heterocycles. The second kappa shape index (κ2) is 11.8. The number of nitrogens with one attached hydrogen (secondary N) is 1. The highest BCUT2D eigenvalue weighted by atomic mass is 32.2. The number of hydrogen-bond donors (Lipinski definition) is 2. The molecule has 0 spiro atoms. The molecule has 1 fully saturated rings. The van der Waals surface area contributed by atoms with Crippen molar-refractivity contribution in [1.82, 2.24) is 14.5 Å². The predicted octanol–water partition coefficient (Wildman–Crippen LogP) is 1.65. The molecular weight excluding hydrogens is 470 g/mol. The van der Waals surface area contributed by atoms with E-state index in [9.17, 15) is 23.1 Å². The van der Waals surface area contributed by atoms with Gasteiger partial charge in [0.15, 0.2) is 0 Å². The van der Waals surface area contributed by atoms with Gasteiger partial charge in [-0.25, -0.2) is 8.42 Å². The van der Waals surface area contributed by atoms with Crippen molar-refractivity contribution in [3.63, 3.8) is 0 Å². The van der Waals surface area contributed by atoms with Crippen LogP contribution in [-0.2, 0) is 19.6 Å². The molecule has 1 saturated heterocycles. The summed E-state index contributed by atoms with van der Waals surface area (Å²) in [5, 5.41) is 9.50. The quantitative estimate of drug-likeness (QED) is 0.531. The lowest BCUT2D eigenvalue weighted by atomic mass is 10.1. The Bertz CT molecular complexity index is 1190. The normalized spacial score (nSPS) is 15.1. The molecule has 2 aromatic rings. The maximum atomic E-state index is 12.8. The molecule has 0 saturated carbocycles. The van der Waals surface area contributed by atoms with Gasteiger partial charge in [0.2, 0.25) is 15.9 Å². The summed E-state index contributed by atoms with van der Waals surface area (Å²) in [5.41, 5.74) is 1.71. The van der Waals surface area contributed by atoms with Crippen molar-refractivity contribution >= 4 is 21.9 Å². The van der Waals surface area contributed by atoms with Gasteiger partial charge in [-0.1, -0.05) is 36.1 Å². The van der Waals surface area contributed by atoms with Crippen LogP contribution in [-0.4, -0.2) is 81.1 Å². The largest absolute Gasteiger partial charge is 0.497 e. The molecule has 2 aromatic carbocycles. The molecule has 35 heavy (non-hydrogen) atoms. The fourth-order valence-corrected chi connectivity index (χ4v) is 4.80. The Labute approximate surface area is 205 Å². The third-order valence-corrected chi connectivity index (χ3v) is 7.22. The molecular formula is C25H29N3O6S. The maximum absolute atomic E-state index is 12.8. The van der Waals surface area contributed by atoms with Crippen LogP contribution in [0.4, 0.5) is 0 Å². The number of methoxy groups -OCH3 is 1. The molecule has 1 atom stereocenters. The Balaban J connectivity index is 1.58. The van der Waals surface area contributed by atoms with Gasteiger partial charge in [-0.2, -0.15) is 4.72 Å². The van der Waals surface area contributed by atoms with E-state index in [1.165, 1.54) is 19.1 Å². The Morgan fingerprint density at radius 3 is 2.09 bits per heavy atom. The second-order valence-corrected chi connectivity index (χ2v) is 9.82. The minimum Gasteiger partial charge on any atom is -0.497 e. The zero-order chi connectivity index (χ0) is 25.4. The smallest absolute Gasteiger partial charge is 0.322 e. The number of carboxylic acids is 1. The average Bonchev–Trinajstić information content (AvgIpc) is 2.86. The number of carbonyl (C=O) groups is 2. The first kappa shape index (κ1) is 26.2. The molecule has 1 amide bonds. The monoisotopic (exact) mass is 499 g/mol. The molecule has 3 rings (SSSR count). The highest BCUT2D eigenvalue weighted by Gasteiger charge is 2.25. The van der Waals surface area contributed by atoms with E-state index >= 15 is 0 Å². The lowest BCUT2D eigenvalue weighted by Gasteiger charge is -2.32. The first-order valence-corrected chi connectivity index (χ1v) is 12.6. The summed E-state index contributed by atoms with van der Waals surface area (Å²) in [4.78, 5) is 26.8. The molecule has 1 aliphatic heterocycles. The lowest BCUT2D eigenvalue weighted by molar-refractivity contribution is -0.138. The maximum Gasteiger partial charge on any atom is 0.322 e. The number of carboxylic acid groups (broad SMARTS) is 1. The van der Waals surface area contributed by atoms with Crippen molar-refractivity contribution in [2.75, 3.05) is 39.8 Å². The molecule has 1 heterocycles. The van der Waals surface area contributed by atoms with E-state index in [4.69, 9.17) is 4.74 Å². The zero-order valence-electron chi connectivity index (χ0n) is 19.7. The number of benzene rings is 2. The minimum absolute atomic E-state index is 0.0303. The van der Waals surface area contributed by atoms with E-state index in [1.54, 1.807) is 24.1 Å².